The van der Waals surface area contributed by atoms with Crippen molar-refractivity contribution in [3.8, 4) is 22.7 Å². The number of amides is 2. The van der Waals surface area contributed by atoms with E-state index in [4.69, 9.17) is 9.84 Å². The summed E-state index contributed by atoms with van der Waals surface area (Å²) in [5.74, 6) is 0.0202. The molecule has 2 aromatic heterocycles. The number of benzene rings is 2. The number of aromatic nitrogens is 3. The Morgan fingerprint density at radius 1 is 0.935 bits per heavy atom. The molecule has 154 valence electrons. The molecule has 0 fully saturated rings. The minimum absolute atomic E-state index is 0.300. The van der Waals surface area contributed by atoms with Crippen LogP contribution >= 0.6 is 0 Å². The molecule has 0 atom stereocenters. The first kappa shape index (κ1) is 19.0. The summed E-state index contributed by atoms with van der Waals surface area (Å²) in [4.78, 5) is 31.2. The van der Waals surface area contributed by atoms with Gasteiger partial charge in [0.25, 0.3) is 11.8 Å². The number of methoxy groups -OCH3 is 1. The van der Waals surface area contributed by atoms with E-state index in [2.05, 4.69) is 4.98 Å². The number of hydrogen-bond acceptors (Lipinski definition) is 5. The molecule has 0 N–H and O–H groups in total. The molecular weight excluding hydrogens is 392 g/mol. The van der Waals surface area contributed by atoms with E-state index in [-0.39, 0.29) is 11.8 Å². The molecule has 0 bridgehead atoms. The zero-order valence-electron chi connectivity index (χ0n) is 17.6. The molecule has 1 aliphatic heterocycles. The lowest BCUT2D eigenvalue weighted by atomic mass is 10.0. The zero-order chi connectivity index (χ0) is 21.9. The summed E-state index contributed by atoms with van der Waals surface area (Å²) in [6.07, 6.45) is 1.47. The second kappa shape index (κ2) is 6.77. The van der Waals surface area contributed by atoms with Crippen LogP contribution in [0.4, 0.5) is 0 Å². The standard InChI is InChI=1S/C24H20N4O3/c1-13-5-8-16(11-14(13)2)28-22-20(19-18(12-25-22)23(29)27(3)24(19)30)21(26-28)15-6-9-17(31-4)10-7-15/h5-12H,1-4H3. The fourth-order valence-corrected chi connectivity index (χ4v) is 3.90. The Balaban J connectivity index is 1.85. The van der Waals surface area contributed by atoms with Gasteiger partial charge in [-0.2, -0.15) is 5.10 Å². The Labute approximate surface area is 178 Å². The number of hydrogen-bond donors (Lipinski definition) is 0. The van der Waals surface area contributed by atoms with E-state index < -0.39 is 0 Å². The molecule has 0 aliphatic carbocycles. The first-order valence-electron chi connectivity index (χ1n) is 9.87. The number of rotatable bonds is 3. The molecule has 0 unspecified atom stereocenters. The van der Waals surface area contributed by atoms with Crippen LogP contribution in [0.5, 0.6) is 5.75 Å². The highest BCUT2D eigenvalue weighted by molar-refractivity contribution is 6.27. The van der Waals surface area contributed by atoms with Gasteiger partial charge < -0.3 is 4.74 Å². The third-order valence-corrected chi connectivity index (χ3v) is 5.85. The average molecular weight is 412 g/mol. The van der Waals surface area contributed by atoms with Gasteiger partial charge in [-0.05, 0) is 61.4 Å². The first-order chi connectivity index (χ1) is 14.9. The van der Waals surface area contributed by atoms with Crippen molar-refractivity contribution >= 4 is 22.8 Å². The van der Waals surface area contributed by atoms with Crippen LogP contribution in [0.3, 0.4) is 0 Å². The fourth-order valence-electron chi connectivity index (χ4n) is 3.90. The number of carbonyl (C=O) groups is 2. The maximum absolute atomic E-state index is 13.0. The number of ether oxygens (including phenoxy) is 1. The Kier molecular flexibility index (Phi) is 4.15. The molecule has 0 saturated heterocycles. The van der Waals surface area contributed by atoms with E-state index in [0.29, 0.717) is 27.9 Å². The minimum Gasteiger partial charge on any atom is -0.497 e. The lowest BCUT2D eigenvalue weighted by Crippen LogP contribution is -2.24. The summed E-state index contributed by atoms with van der Waals surface area (Å²) in [5, 5.41) is 5.42. The molecule has 31 heavy (non-hydrogen) atoms. The van der Waals surface area contributed by atoms with Crippen LogP contribution < -0.4 is 4.74 Å². The van der Waals surface area contributed by atoms with Gasteiger partial charge in [0.05, 0.1) is 29.3 Å². The number of imide groups is 1. The highest BCUT2D eigenvalue weighted by Gasteiger charge is 2.37. The molecule has 0 radical (unpaired) electrons. The molecule has 0 spiro atoms. The van der Waals surface area contributed by atoms with Crippen molar-refractivity contribution in [2.24, 2.45) is 0 Å². The summed E-state index contributed by atoms with van der Waals surface area (Å²) in [5.41, 5.74) is 5.71. The summed E-state index contributed by atoms with van der Waals surface area (Å²) < 4.78 is 7.00. The van der Waals surface area contributed by atoms with Crippen LogP contribution in [-0.2, 0) is 0 Å². The van der Waals surface area contributed by atoms with Crippen LogP contribution in [0.15, 0.2) is 48.7 Å². The summed E-state index contributed by atoms with van der Waals surface area (Å²) in [7, 11) is 3.09. The number of carbonyl (C=O) groups excluding carboxylic acids is 2. The number of nitrogens with zero attached hydrogens (tertiary/aromatic N) is 4. The molecule has 7 heteroatoms. The van der Waals surface area contributed by atoms with Gasteiger partial charge in [0, 0.05) is 18.8 Å². The highest BCUT2D eigenvalue weighted by Crippen LogP contribution is 2.36. The minimum atomic E-state index is -0.353. The van der Waals surface area contributed by atoms with Crippen molar-refractivity contribution < 1.29 is 14.3 Å². The quantitative estimate of drug-likeness (QED) is 0.477. The fraction of sp³-hybridized carbons (Fsp3) is 0.167. The molecule has 5 rings (SSSR count). The summed E-state index contributed by atoms with van der Waals surface area (Å²) in [6, 6.07) is 13.5. The smallest absolute Gasteiger partial charge is 0.262 e. The SMILES string of the molecule is COc1ccc(-c2nn(-c3ccc(C)c(C)c3)c3ncc4c(c23)C(=O)N(C)C4=O)cc1. The summed E-state index contributed by atoms with van der Waals surface area (Å²) >= 11 is 0. The van der Waals surface area contributed by atoms with Crippen molar-refractivity contribution in [1.82, 2.24) is 19.7 Å². The van der Waals surface area contributed by atoms with Crippen molar-refractivity contribution in [3.63, 3.8) is 0 Å². The van der Waals surface area contributed by atoms with Gasteiger partial charge in [-0.3, -0.25) is 14.5 Å². The number of aryl methyl sites for hydroxylation is 2. The normalized spacial score (nSPS) is 13.2. The maximum Gasteiger partial charge on any atom is 0.262 e. The van der Waals surface area contributed by atoms with Crippen molar-refractivity contribution in [1.29, 1.82) is 0 Å². The number of pyridine rings is 1. The van der Waals surface area contributed by atoms with E-state index in [1.54, 1.807) is 11.8 Å². The molecule has 2 aromatic carbocycles. The van der Waals surface area contributed by atoms with Crippen molar-refractivity contribution in [2.75, 3.05) is 14.2 Å². The molecule has 1 aliphatic rings. The van der Waals surface area contributed by atoms with E-state index in [1.807, 2.05) is 56.3 Å². The van der Waals surface area contributed by atoms with Crippen molar-refractivity contribution in [3.05, 3.63) is 70.9 Å². The van der Waals surface area contributed by atoms with E-state index in [1.165, 1.54) is 18.8 Å². The molecule has 2 amide bonds. The van der Waals surface area contributed by atoms with Gasteiger partial charge in [0.15, 0.2) is 5.65 Å². The van der Waals surface area contributed by atoms with Crippen LogP contribution in [-0.4, -0.2) is 45.6 Å². The lowest BCUT2D eigenvalue weighted by molar-refractivity contribution is 0.0693. The van der Waals surface area contributed by atoms with Crippen molar-refractivity contribution in [2.45, 2.75) is 13.8 Å². The van der Waals surface area contributed by atoms with Gasteiger partial charge in [-0.1, -0.05) is 6.07 Å². The average Bonchev–Trinajstić information content (AvgIpc) is 3.27. The van der Waals surface area contributed by atoms with Crippen LogP contribution in [0, 0.1) is 13.8 Å². The Morgan fingerprint density at radius 3 is 2.35 bits per heavy atom. The largest absolute Gasteiger partial charge is 0.497 e. The van der Waals surface area contributed by atoms with E-state index in [0.717, 1.165) is 27.5 Å². The van der Waals surface area contributed by atoms with Gasteiger partial charge >= 0.3 is 0 Å². The first-order valence-corrected chi connectivity index (χ1v) is 9.87. The predicted molar refractivity (Wildman–Crippen MR) is 117 cm³/mol. The topological polar surface area (TPSA) is 77.3 Å². The van der Waals surface area contributed by atoms with Crippen LogP contribution in [0.25, 0.3) is 28.0 Å². The molecule has 0 saturated carbocycles. The van der Waals surface area contributed by atoms with Crippen LogP contribution in [0.1, 0.15) is 31.8 Å². The summed E-state index contributed by atoms with van der Waals surface area (Å²) in [6.45, 7) is 4.09. The maximum atomic E-state index is 13.0. The van der Waals surface area contributed by atoms with Gasteiger partial charge in [-0.25, -0.2) is 9.67 Å². The van der Waals surface area contributed by atoms with Gasteiger partial charge in [-0.15, -0.1) is 0 Å². The van der Waals surface area contributed by atoms with Crippen LogP contribution in [0.2, 0.25) is 0 Å². The van der Waals surface area contributed by atoms with Gasteiger partial charge in [0.2, 0.25) is 0 Å². The monoisotopic (exact) mass is 412 g/mol. The second-order valence-corrected chi connectivity index (χ2v) is 7.67. The zero-order valence-corrected chi connectivity index (χ0v) is 17.6. The molecular formula is C24H20N4O3. The van der Waals surface area contributed by atoms with E-state index >= 15 is 0 Å². The Bertz CT molecular complexity index is 1390. The lowest BCUT2D eigenvalue weighted by Gasteiger charge is -2.06. The third-order valence-electron chi connectivity index (χ3n) is 5.85. The third kappa shape index (κ3) is 2.73. The number of fused-ring (bicyclic) bond motifs is 3. The Morgan fingerprint density at radius 2 is 1.68 bits per heavy atom. The second-order valence-electron chi connectivity index (χ2n) is 7.67. The van der Waals surface area contributed by atoms with E-state index in [9.17, 15) is 9.59 Å². The predicted octanol–water partition coefficient (Wildman–Crippen LogP) is 3.94. The molecule has 3 heterocycles. The molecule has 4 aromatic rings. The Hall–Kier alpha value is -4.00. The highest BCUT2D eigenvalue weighted by atomic mass is 16.5. The molecule has 7 nitrogen and oxygen atoms in total. The van der Waals surface area contributed by atoms with Gasteiger partial charge in [0.1, 0.15) is 11.4 Å².